The third-order valence-corrected chi connectivity index (χ3v) is 3.98. The molecule has 0 saturated heterocycles. The number of hydrogen-bond donors (Lipinski definition) is 1. The number of esters is 1. The third-order valence-electron chi connectivity index (χ3n) is 3.98. The van der Waals surface area contributed by atoms with Crippen LogP contribution < -0.4 is 0 Å². The number of methoxy groups -OCH3 is 1. The first kappa shape index (κ1) is 16.6. The maximum absolute atomic E-state index is 12.9. The Hall–Kier alpha value is -3.28. The normalized spacial score (nSPS) is 16.0. The van der Waals surface area contributed by atoms with Crippen LogP contribution in [0.2, 0.25) is 0 Å². The zero-order valence-corrected chi connectivity index (χ0v) is 13.9. The highest BCUT2D eigenvalue weighted by Crippen LogP contribution is 2.33. The van der Waals surface area contributed by atoms with Gasteiger partial charge < -0.3 is 19.2 Å². The van der Waals surface area contributed by atoms with Crippen LogP contribution in [0.1, 0.15) is 18.2 Å². The van der Waals surface area contributed by atoms with Gasteiger partial charge in [-0.05, 0) is 42.8 Å². The van der Waals surface area contributed by atoms with Crippen LogP contribution in [-0.4, -0.2) is 29.0 Å². The SMILES string of the molecule is COC(=O)C1=C(C)N(Cc2ccco2)C(=O)/C1=C\c1cccc(O)c1. The predicted molar refractivity (Wildman–Crippen MR) is 90.1 cm³/mol. The molecule has 1 amide bonds. The summed E-state index contributed by atoms with van der Waals surface area (Å²) in [6.07, 6.45) is 3.10. The number of rotatable bonds is 4. The largest absolute Gasteiger partial charge is 0.508 e. The van der Waals surface area contributed by atoms with Crippen LogP contribution in [0.3, 0.4) is 0 Å². The Morgan fingerprint density at radius 1 is 1.32 bits per heavy atom. The monoisotopic (exact) mass is 339 g/mol. The topological polar surface area (TPSA) is 80.0 Å². The molecule has 0 aliphatic carbocycles. The van der Waals surface area contributed by atoms with Crippen molar-refractivity contribution in [1.82, 2.24) is 4.90 Å². The second kappa shape index (κ2) is 6.68. The van der Waals surface area contributed by atoms with Gasteiger partial charge in [-0.15, -0.1) is 0 Å². The molecule has 0 fully saturated rings. The average Bonchev–Trinajstić information content (AvgIpc) is 3.18. The molecule has 1 N–H and O–H groups in total. The highest BCUT2D eigenvalue weighted by atomic mass is 16.5. The number of ether oxygens (including phenoxy) is 1. The van der Waals surface area contributed by atoms with E-state index in [-0.39, 0.29) is 29.3 Å². The van der Waals surface area contributed by atoms with Crippen LogP contribution in [0.5, 0.6) is 5.75 Å². The number of carbonyl (C=O) groups is 2. The van der Waals surface area contributed by atoms with Crippen LogP contribution >= 0.6 is 0 Å². The third kappa shape index (κ3) is 3.19. The van der Waals surface area contributed by atoms with E-state index in [1.165, 1.54) is 30.4 Å². The molecule has 0 radical (unpaired) electrons. The van der Waals surface area contributed by atoms with Crippen molar-refractivity contribution in [2.24, 2.45) is 0 Å². The number of carbonyl (C=O) groups excluding carboxylic acids is 2. The number of furan rings is 1. The second-order valence-corrected chi connectivity index (χ2v) is 5.58. The average molecular weight is 339 g/mol. The van der Waals surface area contributed by atoms with E-state index in [1.54, 1.807) is 37.3 Å². The highest BCUT2D eigenvalue weighted by molar-refractivity contribution is 6.16. The highest BCUT2D eigenvalue weighted by Gasteiger charge is 2.37. The first-order valence-electron chi connectivity index (χ1n) is 7.66. The van der Waals surface area contributed by atoms with Crippen molar-refractivity contribution in [3.05, 3.63) is 70.8 Å². The Balaban J connectivity index is 2.04. The van der Waals surface area contributed by atoms with Crippen LogP contribution in [-0.2, 0) is 20.9 Å². The molecule has 1 aliphatic rings. The molecule has 6 nitrogen and oxygen atoms in total. The molecule has 3 rings (SSSR count). The number of phenolic OH excluding ortho intramolecular Hbond substituents is 1. The van der Waals surface area contributed by atoms with Gasteiger partial charge in [0.25, 0.3) is 5.91 Å². The molecule has 0 unspecified atom stereocenters. The Morgan fingerprint density at radius 2 is 2.12 bits per heavy atom. The van der Waals surface area contributed by atoms with Crippen LogP contribution in [0.15, 0.2) is 63.9 Å². The van der Waals surface area contributed by atoms with Crippen molar-refractivity contribution in [3.8, 4) is 5.75 Å². The van der Waals surface area contributed by atoms with E-state index in [1.807, 2.05) is 0 Å². The number of allylic oxidation sites excluding steroid dienone is 1. The van der Waals surface area contributed by atoms with Gasteiger partial charge in [0.15, 0.2) is 0 Å². The molecule has 0 bridgehead atoms. The maximum Gasteiger partial charge on any atom is 0.340 e. The van der Waals surface area contributed by atoms with Gasteiger partial charge in [-0.1, -0.05) is 12.1 Å². The van der Waals surface area contributed by atoms with E-state index in [2.05, 4.69) is 0 Å². The molecule has 1 aromatic heterocycles. The van der Waals surface area contributed by atoms with Gasteiger partial charge >= 0.3 is 5.97 Å². The summed E-state index contributed by atoms with van der Waals surface area (Å²) in [6, 6.07) is 9.94. The summed E-state index contributed by atoms with van der Waals surface area (Å²) >= 11 is 0. The Morgan fingerprint density at radius 3 is 2.76 bits per heavy atom. The van der Waals surface area contributed by atoms with Crippen molar-refractivity contribution in [2.75, 3.05) is 7.11 Å². The lowest BCUT2D eigenvalue weighted by Crippen LogP contribution is -2.24. The van der Waals surface area contributed by atoms with Crippen molar-refractivity contribution in [1.29, 1.82) is 0 Å². The van der Waals surface area contributed by atoms with Crippen LogP contribution in [0, 0.1) is 0 Å². The van der Waals surface area contributed by atoms with E-state index in [0.717, 1.165) is 0 Å². The molecule has 128 valence electrons. The summed E-state index contributed by atoms with van der Waals surface area (Å²) in [7, 11) is 1.27. The van der Waals surface area contributed by atoms with E-state index >= 15 is 0 Å². The molecule has 0 atom stereocenters. The van der Waals surface area contributed by atoms with E-state index in [0.29, 0.717) is 17.0 Å². The van der Waals surface area contributed by atoms with E-state index in [9.17, 15) is 14.7 Å². The smallest absolute Gasteiger partial charge is 0.340 e. The van der Waals surface area contributed by atoms with Crippen molar-refractivity contribution in [2.45, 2.75) is 13.5 Å². The van der Waals surface area contributed by atoms with Crippen molar-refractivity contribution in [3.63, 3.8) is 0 Å². The zero-order valence-electron chi connectivity index (χ0n) is 13.9. The van der Waals surface area contributed by atoms with E-state index < -0.39 is 5.97 Å². The zero-order chi connectivity index (χ0) is 18.0. The lowest BCUT2D eigenvalue weighted by atomic mass is 10.0. The van der Waals surface area contributed by atoms with E-state index in [4.69, 9.17) is 9.15 Å². The minimum atomic E-state index is -0.584. The Kier molecular flexibility index (Phi) is 4.43. The molecular weight excluding hydrogens is 322 g/mol. The summed E-state index contributed by atoms with van der Waals surface area (Å²) < 4.78 is 10.1. The number of phenols is 1. The fourth-order valence-corrected chi connectivity index (χ4v) is 2.76. The van der Waals surface area contributed by atoms with Gasteiger partial charge in [0.1, 0.15) is 11.5 Å². The van der Waals surface area contributed by atoms with Crippen molar-refractivity contribution >= 4 is 18.0 Å². The first-order valence-corrected chi connectivity index (χ1v) is 7.66. The minimum absolute atomic E-state index is 0.0764. The van der Waals surface area contributed by atoms with Gasteiger partial charge in [-0.25, -0.2) is 4.79 Å². The molecule has 1 aliphatic heterocycles. The Bertz CT molecular complexity index is 877. The predicted octanol–water partition coefficient (Wildman–Crippen LogP) is 2.86. The van der Waals surface area contributed by atoms with Crippen LogP contribution in [0.25, 0.3) is 6.08 Å². The molecule has 1 aromatic carbocycles. The molecule has 2 aromatic rings. The van der Waals surface area contributed by atoms with Crippen LogP contribution in [0.4, 0.5) is 0 Å². The molecule has 6 heteroatoms. The van der Waals surface area contributed by atoms with Gasteiger partial charge in [-0.3, -0.25) is 4.79 Å². The van der Waals surface area contributed by atoms with Gasteiger partial charge in [0, 0.05) is 5.70 Å². The van der Waals surface area contributed by atoms with Gasteiger partial charge in [-0.2, -0.15) is 0 Å². The molecule has 2 heterocycles. The quantitative estimate of drug-likeness (QED) is 0.684. The molecule has 25 heavy (non-hydrogen) atoms. The lowest BCUT2D eigenvalue weighted by Gasteiger charge is -2.16. The number of nitrogens with zero attached hydrogens (tertiary/aromatic N) is 1. The molecule has 0 spiro atoms. The maximum atomic E-state index is 12.9. The standard InChI is InChI=1S/C19H17NO5/c1-12-17(19(23)24-2)16(10-13-5-3-6-14(21)9-13)18(22)20(12)11-15-7-4-8-25-15/h3-10,21H,11H2,1-2H3/b16-10-. The number of hydrogen-bond acceptors (Lipinski definition) is 5. The van der Waals surface area contributed by atoms with Gasteiger partial charge in [0.2, 0.25) is 0 Å². The Labute approximate surface area is 144 Å². The summed E-state index contributed by atoms with van der Waals surface area (Å²) in [4.78, 5) is 26.6. The number of amides is 1. The summed E-state index contributed by atoms with van der Waals surface area (Å²) in [5, 5.41) is 9.61. The van der Waals surface area contributed by atoms with Gasteiger partial charge in [0.05, 0.1) is 31.1 Å². The first-order chi connectivity index (χ1) is 12.0. The molecular formula is C19H17NO5. The molecule has 0 saturated carbocycles. The second-order valence-electron chi connectivity index (χ2n) is 5.58. The fourth-order valence-electron chi connectivity index (χ4n) is 2.76. The number of benzene rings is 1. The summed E-state index contributed by atoms with van der Waals surface area (Å²) in [5.41, 5.74) is 1.54. The van der Waals surface area contributed by atoms with Crippen molar-refractivity contribution < 1.29 is 23.8 Å². The minimum Gasteiger partial charge on any atom is -0.508 e. The summed E-state index contributed by atoms with van der Waals surface area (Å²) in [5.74, 6) is -0.222. The lowest BCUT2D eigenvalue weighted by molar-refractivity contribution is -0.136. The number of aromatic hydroxyl groups is 1. The summed E-state index contributed by atoms with van der Waals surface area (Å²) in [6.45, 7) is 1.91. The fraction of sp³-hybridized carbons (Fsp3) is 0.158.